The minimum atomic E-state index is -1.09. The van der Waals surface area contributed by atoms with Crippen LogP contribution in [0.3, 0.4) is 0 Å². The zero-order valence-corrected chi connectivity index (χ0v) is 12.9. The summed E-state index contributed by atoms with van der Waals surface area (Å²) in [6, 6.07) is -0.952. The lowest BCUT2D eigenvalue weighted by atomic mass is 10.3. The van der Waals surface area contributed by atoms with Gasteiger partial charge in [-0.2, -0.15) is 0 Å². The molecule has 0 aromatic carbocycles. The summed E-state index contributed by atoms with van der Waals surface area (Å²) in [5, 5.41) is 11.3. The normalized spacial score (nSPS) is 12.1. The summed E-state index contributed by atoms with van der Waals surface area (Å²) in [6.07, 6.45) is 0. The molecule has 0 spiro atoms. The highest BCUT2D eigenvalue weighted by Crippen LogP contribution is 2.04. The van der Waals surface area contributed by atoms with E-state index in [1.165, 1.54) is 4.90 Å². The first-order chi connectivity index (χ1) is 9.27. The van der Waals surface area contributed by atoms with E-state index in [2.05, 4.69) is 5.32 Å². The summed E-state index contributed by atoms with van der Waals surface area (Å²) in [5.41, 5.74) is 5.34. The number of carbonyl (C=O) groups is 3. The van der Waals surface area contributed by atoms with Gasteiger partial charge in [0.25, 0.3) is 0 Å². The van der Waals surface area contributed by atoms with Crippen molar-refractivity contribution in [2.75, 3.05) is 24.6 Å². The number of hydrogen-bond acceptors (Lipinski definition) is 5. The minimum absolute atomic E-state index is 0.0130. The number of nitrogens with one attached hydrogen (secondary N) is 1. The molecule has 0 unspecified atom stereocenters. The average Bonchev–Trinajstić information content (AvgIpc) is 2.34. The molecule has 0 saturated heterocycles. The smallest absolute Gasteiger partial charge is 0.321 e. The van der Waals surface area contributed by atoms with Gasteiger partial charge in [0.1, 0.15) is 6.04 Å². The zero-order valence-electron chi connectivity index (χ0n) is 12.1. The lowest BCUT2D eigenvalue weighted by molar-refractivity contribution is -0.138. The number of carboxylic acids is 1. The SMILES string of the molecule is CCN(CC(=O)NC(C)C)C(=O)CSC[C@@H](N)C(=O)O. The largest absolute Gasteiger partial charge is 0.480 e. The predicted molar refractivity (Wildman–Crippen MR) is 78.5 cm³/mol. The molecule has 0 aliphatic rings. The molecule has 0 heterocycles. The second-order valence-corrected chi connectivity index (χ2v) is 5.62. The van der Waals surface area contributed by atoms with Crippen molar-refractivity contribution in [1.82, 2.24) is 10.2 Å². The van der Waals surface area contributed by atoms with Crippen LogP contribution in [0.15, 0.2) is 0 Å². The number of carboxylic acid groups (broad SMARTS) is 1. The van der Waals surface area contributed by atoms with Crippen LogP contribution in [0.25, 0.3) is 0 Å². The van der Waals surface area contributed by atoms with Gasteiger partial charge in [0.05, 0.1) is 12.3 Å². The number of nitrogens with zero attached hydrogens (tertiary/aromatic N) is 1. The molecule has 20 heavy (non-hydrogen) atoms. The monoisotopic (exact) mass is 305 g/mol. The summed E-state index contributed by atoms with van der Waals surface area (Å²) in [4.78, 5) is 35.4. The van der Waals surface area contributed by atoms with E-state index in [4.69, 9.17) is 10.8 Å². The highest BCUT2D eigenvalue weighted by molar-refractivity contribution is 8.00. The lowest BCUT2D eigenvalue weighted by Gasteiger charge is -2.21. The third kappa shape index (κ3) is 8.00. The third-order valence-corrected chi connectivity index (χ3v) is 3.40. The summed E-state index contributed by atoms with van der Waals surface area (Å²) in [7, 11) is 0. The number of nitrogens with two attached hydrogens (primary N) is 1. The number of hydrogen-bond donors (Lipinski definition) is 3. The van der Waals surface area contributed by atoms with Crippen molar-refractivity contribution < 1.29 is 19.5 Å². The van der Waals surface area contributed by atoms with E-state index in [-0.39, 0.29) is 35.9 Å². The number of rotatable bonds is 9. The van der Waals surface area contributed by atoms with E-state index < -0.39 is 12.0 Å². The van der Waals surface area contributed by atoms with Crippen LogP contribution in [0.1, 0.15) is 20.8 Å². The molecule has 4 N–H and O–H groups in total. The summed E-state index contributed by atoms with van der Waals surface area (Å²) in [6.45, 7) is 5.92. The molecule has 0 aromatic rings. The topological polar surface area (TPSA) is 113 Å². The molecule has 7 nitrogen and oxygen atoms in total. The fourth-order valence-corrected chi connectivity index (χ4v) is 2.22. The van der Waals surface area contributed by atoms with Gasteiger partial charge in [0, 0.05) is 18.3 Å². The Hall–Kier alpha value is -1.28. The third-order valence-electron chi connectivity index (χ3n) is 2.36. The number of aliphatic carboxylic acids is 1. The first-order valence-electron chi connectivity index (χ1n) is 6.41. The van der Waals surface area contributed by atoms with Gasteiger partial charge < -0.3 is 21.1 Å². The Morgan fingerprint density at radius 1 is 1.35 bits per heavy atom. The van der Waals surface area contributed by atoms with Crippen molar-refractivity contribution in [3.8, 4) is 0 Å². The number of amides is 2. The van der Waals surface area contributed by atoms with Crippen molar-refractivity contribution in [2.24, 2.45) is 5.73 Å². The zero-order chi connectivity index (χ0) is 15.7. The first-order valence-corrected chi connectivity index (χ1v) is 7.56. The van der Waals surface area contributed by atoms with E-state index in [0.29, 0.717) is 6.54 Å². The van der Waals surface area contributed by atoms with Gasteiger partial charge in [-0.1, -0.05) is 0 Å². The van der Waals surface area contributed by atoms with Crippen LogP contribution in [-0.2, 0) is 14.4 Å². The molecule has 0 bridgehead atoms. The first kappa shape index (κ1) is 18.7. The van der Waals surface area contributed by atoms with Crippen LogP contribution in [0.2, 0.25) is 0 Å². The molecule has 0 radical (unpaired) electrons. The quantitative estimate of drug-likeness (QED) is 0.529. The fraction of sp³-hybridized carbons (Fsp3) is 0.750. The second-order valence-electron chi connectivity index (χ2n) is 4.59. The van der Waals surface area contributed by atoms with Crippen LogP contribution >= 0.6 is 11.8 Å². The van der Waals surface area contributed by atoms with Crippen LogP contribution < -0.4 is 11.1 Å². The van der Waals surface area contributed by atoms with Crippen molar-refractivity contribution in [1.29, 1.82) is 0 Å². The average molecular weight is 305 g/mol. The van der Waals surface area contributed by atoms with Crippen LogP contribution in [0.5, 0.6) is 0 Å². The maximum Gasteiger partial charge on any atom is 0.321 e. The van der Waals surface area contributed by atoms with Gasteiger partial charge in [-0.05, 0) is 20.8 Å². The van der Waals surface area contributed by atoms with Crippen LogP contribution in [-0.4, -0.2) is 64.5 Å². The van der Waals surface area contributed by atoms with E-state index in [1.54, 1.807) is 6.92 Å². The minimum Gasteiger partial charge on any atom is -0.480 e. The molecule has 8 heteroatoms. The molecular formula is C12H23N3O4S. The Kier molecular flexibility index (Phi) is 8.98. The Morgan fingerprint density at radius 3 is 2.40 bits per heavy atom. The van der Waals surface area contributed by atoms with Gasteiger partial charge >= 0.3 is 5.97 Å². The van der Waals surface area contributed by atoms with Gasteiger partial charge in [-0.15, -0.1) is 11.8 Å². The number of thioether (sulfide) groups is 1. The summed E-state index contributed by atoms with van der Waals surface area (Å²) in [5.74, 6) is -1.22. The molecule has 0 fully saturated rings. The predicted octanol–water partition coefficient (Wildman–Crippen LogP) is -0.495. The Morgan fingerprint density at radius 2 is 1.95 bits per heavy atom. The maximum absolute atomic E-state index is 11.9. The number of likely N-dealkylation sites (N-methyl/N-ethyl adjacent to an activating group) is 1. The molecule has 0 aromatic heterocycles. The van der Waals surface area contributed by atoms with Crippen LogP contribution in [0, 0.1) is 0 Å². The van der Waals surface area contributed by atoms with E-state index in [1.807, 2.05) is 13.8 Å². The molecule has 1 atom stereocenters. The Balaban J connectivity index is 4.14. The lowest BCUT2D eigenvalue weighted by Crippen LogP contribution is -2.43. The fourth-order valence-electron chi connectivity index (χ4n) is 1.35. The molecule has 2 amide bonds. The van der Waals surface area contributed by atoms with Crippen molar-refractivity contribution in [2.45, 2.75) is 32.9 Å². The number of carbonyl (C=O) groups excluding carboxylic acids is 2. The molecule has 0 rings (SSSR count). The van der Waals surface area contributed by atoms with E-state index in [0.717, 1.165) is 11.8 Å². The molecule has 0 aliphatic heterocycles. The van der Waals surface area contributed by atoms with Crippen molar-refractivity contribution in [3.05, 3.63) is 0 Å². The van der Waals surface area contributed by atoms with Gasteiger partial charge in [0.15, 0.2) is 0 Å². The van der Waals surface area contributed by atoms with E-state index in [9.17, 15) is 14.4 Å². The maximum atomic E-state index is 11.9. The van der Waals surface area contributed by atoms with Gasteiger partial charge in [-0.25, -0.2) is 0 Å². The molecule has 0 aliphatic carbocycles. The Bertz CT molecular complexity index is 350. The molecule has 0 saturated carbocycles. The van der Waals surface area contributed by atoms with Gasteiger partial charge in [0.2, 0.25) is 11.8 Å². The summed E-state index contributed by atoms with van der Waals surface area (Å²) < 4.78 is 0. The highest BCUT2D eigenvalue weighted by atomic mass is 32.2. The van der Waals surface area contributed by atoms with Crippen molar-refractivity contribution in [3.63, 3.8) is 0 Å². The second kappa shape index (κ2) is 9.60. The van der Waals surface area contributed by atoms with Crippen LogP contribution in [0.4, 0.5) is 0 Å². The van der Waals surface area contributed by atoms with Gasteiger partial charge in [-0.3, -0.25) is 14.4 Å². The highest BCUT2D eigenvalue weighted by Gasteiger charge is 2.17. The summed E-state index contributed by atoms with van der Waals surface area (Å²) >= 11 is 1.15. The van der Waals surface area contributed by atoms with Crippen molar-refractivity contribution >= 4 is 29.5 Å². The Labute approximate surface area is 123 Å². The molecular weight excluding hydrogens is 282 g/mol. The standard InChI is InChI=1S/C12H23N3O4S/c1-4-15(5-10(16)14-8(2)3)11(17)7-20-6-9(13)12(18)19/h8-9H,4-7,13H2,1-3H3,(H,14,16)(H,18,19)/t9-/m1/s1. The molecule has 116 valence electrons. The van der Waals surface area contributed by atoms with E-state index >= 15 is 0 Å².